The molecule has 0 aliphatic rings. The number of aromatic nitrogens is 1. The molecule has 3 N–H and O–H groups in total. The first kappa shape index (κ1) is 11.7. The van der Waals surface area contributed by atoms with Crippen molar-refractivity contribution in [1.29, 1.82) is 0 Å². The van der Waals surface area contributed by atoms with Gasteiger partial charge in [0.1, 0.15) is 5.54 Å². The largest absolute Gasteiger partial charge is 0.480 e. The Morgan fingerprint density at radius 2 is 2.18 bits per heavy atom. The van der Waals surface area contributed by atoms with Gasteiger partial charge in [0.2, 0.25) is 0 Å². The number of fused-ring (bicyclic) bond motifs is 1. The zero-order chi connectivity index (χ0) is 12.5. The minimum Gasteiger partial charge on any atom is -0.480 e. The van der Waals surface area contributed by atoms with Crippen molar-refractivity contribution in [3.8, 4) is 0 Å². The van der Waals surface area contributed by atoms with Gasteiger partial charge in [-0.3, -0.25) is 4.79 Å². The van der Waals surface area contributed by atoms with Crippen LogP contribution in [0.2, 0.25) is 0 Å². The van der Waals surface area contributed by atoms with Crippen LogP contribution >= 0.6 is 0 Å². The van der Waals surface area contributed by atoms with Crippen molar-refractivity contribution in [3.63, 3.8) is 0 Å². The van der Waals surface area contributed by atoms with E-state index in [0.29, 0.717) is 6.42 Å². The Labute approximate surface area is 99.7 Å². The van der Waals surface area contributed by atoms with Crippen molar-refractivity contribution < 1.29 is 9.90 Å². The number of carbonyl (C=O) groups is 1. The van der Waals surface area contributed by atoms with Crippen molar-refractivity contribution >= 4 is 16.9 Å². The molecule has 90 valence electrons. The second-order valence-electron chi connectivity index (χ2n) is 4.42. The zero-order valence-electron chi connectivity index (χ0n) is 9.95. The third-order valence-corrected chi connectivity index (χ3v) is 3.24. The second kappa shape index (κ2) is 4.22. The van der Waals surface area contributed by atoms with E-state index in [9.17, 15) is 9.90 Å². The van der Waals surface area contributed by atoms with E-state index in [0.717, 1.165) is 16.5 Å². The van der Waals surface area contributed by atoms with Gasteiger partial charge >= 0.3 is 5.97 Å². The molecule has 2 aromatic rings. The summed E-state index contributed by atoms with van der Waals surface area (Å²) in [6, 6.07) is 7.89. The Morgan fingerprint density at radius 1 is 1.47 bits per heavy atom. The predicted molar refractivity (Wildman–Crippen MR) is 67.1 cm³/mol. The molecule has 0 aliphatic heterocycles. The van der Waals surface area contributed by atoms with Gasteiger partial charge in [-0.1, -0.05) is 18.2 Å². The van der Waals surface area contributed by atoms with Crippen LogP contribution in [0.3, 0.4) is 0 Å². The summed E-state index contributed by atoms with van der Waals surface area (Å²) in [5, 5.41) is 13.2. The van der Waals surface area contributed by atoms with Crippen LogP contribution in [0.5, 0.6) is 0 Å². The van der Waals surface area contributed by atoms with Gasteiger partial charge in [-0.15, -0.1) is 0 Å². The number of H-pyrrole nitrogens is 1. The SMILES string of the molecule is CN[C@@](C)(Cc1c[nH]c2ccccc12)C(=O)O. The fraction of sp³-hybridized carbons (Fsp3) is 0.308. The average molecular weight is 232 g/mol. The van der Waals surface area contributed by atoms with Crippen LogP contribution in [-0.4, -0.2) is 28.6 Å². The molecule has 1 aromatic heterocycles. The van der Waals surface area contributed by atoms with Gasteiger partial charge < -0.3 is 15.4 Å². The molecular formula is C13H16N2O2. The van der Waals surface area contributed by atoms with E-state index < -0.39 is 11.5 Å². The van der Waals surface area contributed by atoms with Gasteiger partial charge in [0.15, 0.2) is 0 Å². The smallest absolute Gasteiger partial charge is 0.323 e. The maximum atomic E-state index is 11.2. The topological polar surface area (TPSA) is 65.1 Å². The van der Waals surface area contributed by atoms with Gasteiger partial charge in [-0.2, -0.15) is 0 Å². The predicted octanol–water partition coefficient (Wildman–Crippen LogP) is 1.77. The molecule has 0 saturated heterocycles. The highest BCUT2D eigenvalue weighted by Crippen LogP contribution is 2.22. The summed E-state index contributed by atoms with van der Waals surface area (Å²) >= 11 is 0. The highest BCUT2D eigenvalue weighted by Gasteiger charge is 2.32. The first-order valence-corrected chi connectivity index (χ1v) is 5.54. The second-order valence-corrected chi connectivity index (χ2v) is 4.42. The monoisotopic (exact) mass is 232 g/mol. The van der Waals surface area contributed by atoms with Crippen molar-refractivity contribution in [2.45, 2.75) is 18.9 Å². The minimum absolute atomic E-state index is 0.447. The van der Waals surface area contributed by atoms with Gasteiger partial charge in [0, 0.05) is 23.5 Å². The van der Waals surface area contributed by atoms with E-state index in [1.54, 1.807) is 14.0 Å². The maximum Gasteiger partial charge on any atom is 0.323 e. The fourth-order valence-corrected chi connectivity index (χ4v) is 1.93. The van der Waals surface area contributed by atoms with Crippen LogP contribution in [0.1, 0.15) is 12.5 Å². The highest BCUT2D eigenvalue weighted by molar-refractivity contribution is 5.85. The lowest BCUT2D eigenvalue weighted by Gasteiger charge is -2.23. The first-order valence-electron chi connectivity index (χ1n) is 5.54. The van der Waals surface area contributed by atoms with Crippen molar-refractivity contribution in [1.82, 2.24) is 10.3 Å². The van der Waals surface area contributed by atoms with Crippen molar-refractivity contribution in [3.05, 3.63) is 36.0 Å². The first-order chi connectivity index (χ1) is 8.07. The van der Waals surface area contributed by atoms with Crippen molar-refractivity contribution in [2.24, 2.45) is 0 Å². The molecule has 0 amide bonds. The van der Waals surface area contributed by atoms with Crippen LogP contribution in [0, 0.1) is 0 Å². The number of para-hydroxylation sites is 1. The van der Waals surface area contributed by atoms with E-state index in [1.807, 2.05) is 30.5 Å². The third-order valence-electron chi connectivity index (χ3n) is 3.24. The number of hydrogen-bond donors (Lipinski definition) is 3. The lowest BCUT2D eigenvalue weighted by atomic mass is 9.93. The average Bonchev–Trinajstić information content (AvgIpc) is 2.72. The standard InChI is InChI=1S/C13H16N2O2/c1-13(14-2,12(16)17)7-9-8-15-11-6-4-3-5-10(9)11/h3-6,8,14-15H,7H2,1-2H3,(H,16,17)/t13-/m0/s1. The summed E-state index contributed by atoms with van der Waals surface area (Å²) in [7, 11) is 1.67. The molecule has 2 rings (SSSR count). The Kier molecular flexibility index (Phi) is 2.90. The van der Waals surface area contributed by atoms with Crippen LogP contribution < -0.4 is 5.32 Å². The van der Waals surface area contributed by atoms with Gasteiger partial charge in [-0.05, 0) is 25.6 Å². The molecule has 0 saturated carbocycles. The number of nitrogens with one attached hydrogen (secondary N) is 2. The zero-order valence-corrected chi connectivity index (χ0v) is 9.95. The number of aromatic amines is 1. The molecule has 0 bridgehead atoms. The number of aliphatic carboxylic acids is 1. The molecule has 1 heterocycles. The molecule has 0 spiro atoms. The third kappa shape index (κ3) is 2.03. The molecule has 1 aromatic carbocycles. The van der Waals surface area contributed by atoms with Gasteiger partial charge in [0.25, 0.3) is 0 Å². The maximum absolute atomic E-state index is 11.2. The summed E-state index contributed by atoms with van der Waals surface area (Å²) in [6.45, 7) is 1.69. The molecule has 0 aliphatic carbocycles. The van der Waals surface area contributed by atoms with E-state index in [2.05, 4.69) is 10.3 Å². The molecule has 1 atom stereocenters. The molecule has 17 heavy (non-hydrogen) atoms. The lowest BCUT2D eigenvalue weighted by molar-refractivity contribution is -0.143. The molecular weight excluding hydrogens is 216 g/mol. The van der Waals surface area contributed by atoms with Crippen molar-refractivity contribution in [2.75, 3.05) is 7.05 Å². The summed E-state index contributed by atoms with van der Waals surface area (Å²) < 4.78 is 0. The van der Waals surface area contributed by atoms with Crippen LogP contribution in [0.15, 0.2) is 30.5 Å². The number of hydrogen-bond acceptors (Lipinski definition) is 2. The van der Waals surface area contributed by atoms with E-state index in [4.69, 9.17) is 0 Å². The van der Waals surface area contributed by atoms with E-state index in [1.165, 1.54) is 0 Å². The summed E-state index contributed by atoms with van der Waals surface area (Å²) in [6.07, 6.45) is 2.33. The number of carboxylic acid groups (broad SMARTS) is 1. The van der Waals surface area contributed by atoms with Crippen LogP contribution in [0.25, 0.3) is 10.9 Å². The Balaban J connectivity index is 2.38. The Morgan fingerprint density at radius 3 is 2.82 bits per heavy atom. The Bertz CT molecular complexity index is 547. The summed E-state index contributed by atoms with van der Waals surface area (Å²) in [4.78, 5) is 14.4. The van der Waals surface area contributed by atoms with Crippen LogP contribution in [0.4, 0.5) is 0 Å². The normalized spacial score (nSPS) is 14.7. The molecule has 0 fully saturated rings. The molecule has 0 radical (unpaired) electrons. The van der Waals surface area contributed by atoms with Gasteiger partial charge in [-0.25, -0.2) is 0 Å². The molecule has 4 nitrogen and oxygen atoms in total. The number of carboxylic acids is 1. The van der Waals surface area contributed by atoms with Gasteiger partial charge in [0.05, 0.1) is 0 Å². The summed E-state index contributed by atoms with van der Waals surface area (Å²) in [5.74, 6) is -0.842. The minimum atomic E-state index is -0.940. The molecule has 4 heteroatoms. The number of benzene rings is 1. The number of likely N-dealkylation sites (N-methyl/N-ethyl adjacent to an activating group) is 1. The van der Waals surface area contributed by atoms with E-state index in [-0.39, 0.29) is 0 Å². The summed E-state index contributed by atoms with van der Waals surface area (Å²) in [5.41, 5.74) is 1.11. The molecule has 0 unspecified atom stereocenters. The fourth-order valence-electron chi connectivity index (χ4n) is 1.93. The highest BCUT2D eigenvalue weighted by atomic mass is 16.4. The van der Waals surface area contributed by atoms with Crippen LogP contribution in [-0.2, 0) is 11.2 Å². The Hall–Kier alpha value is -1.81. The number of rotatable bonds is 4. The van der Waals surface area contributed by atoms with E-state index >= 15 is 0 Å². The quantitative estimate of drug-likeness (QED) is 0.752. The lowest BCUT2D eigenvalue weighted by Crippen LogP contribution is -2.49.